The minimum Gasteiger partial charge on any atom is -0.368 e. The largest absolute Gasteiger partial charge is 0.368 e. The highest BCUT2D eigenvalue weighted by Gasteiger charge is 2.30. The molecule has 3 rings (SSSR count). The molecule has 23 heavy (non-hydrogen) atoms. The van der Waals surface area contributed by atoms with E-state index in [1.165, 1.54) is 5.56 Å². The highest BCUT2D eigenvalue weighted by molar-refractivity contribution is 5.81. The summed E-state index contributed by atoms with van der Waals surface area (Å²) in [5.74, 6) is 0.254. The summed E-state index contributed by atoms with van der Waals surface area (Å²) in [7, 11) is 0. The second kappa shape index (κ2) is 6.96. The molecule has 1 fully saturated rings. The van der Waals surface area contributed by atoms with Gasteiger partial charge in [0.15, 0.2) is 0 Å². The normalized spacial score (nSPS) is 18.0. The van der Waals surface area contributed by atoms with E-state index < -0.39 is 0 Å². The first-order chi connectivity index (χ1) is 11.2. The van der Waals surface area contributed by atoms with Gasteiger partial charge in [0.2, 0.25) is 5.91 Å². The van der Waals surface area contributed by atoms with Crippen molar-refractivity contribution in [2.24, 2.45) is 5.73 Å². The molecular formula is C18H24N4O. The summed E-state index contributed by atoms with van der Waals surface area (Å²) in [6, 6.07) is 9.50. The molecule has 2 heterocycles. The number of hydrogen-bond donors (Lipinski definition) is 1. The van der Waals surface area contributed by atoms with E-state index >= 15 is 0 Å². The van der Waals surface area contributed by atoms with Gasteiger partial charge in [-0.05, 0) is 49.9 Å². The van der Waals surface area contributed by atoms with Crippen LogP contribution in [0.3, 0.4) is 0 Å². The van der Waals surface area contributed by atoms with Crippen LogP contribution in [0, 0.1) is 0 Å². The zero-order valence-corrected chi connectivity index (χ0v) is 13.6. The summed E-state index contributed by atoms with van der Waals surface area (Å²) in [6.07, 6.45) is 6.19. The lowest BCUT2D eigenvalue weighted by atomic mass is 9.90. The Morgan fingerprint density at radius 3 is 2.57 bits per heavy atom. The first-order valence-electron chi connectivity index (χ1n) is 8.29. The summed E-state index contributed by atoms with van der Waals surface area (Å²) in [5, 5.41) is 4.37. The van der Waals surface area contributed by atoms with Gasteiger partial charge in [-0.1, -0.05) is 30.3 Å². The van der Waals surface area contributed by atoms with Crippen LogP contribution >= 0.6 is 0 Å². The number of hydrogen-bond acceptors (Lipinski definition) is 3. The van der Waals surface area contributed by atoms with Crippen molar-refractivity contribution in [3.8, 4) is 0 Å². The number of aryl methyl sites for hydroxylation is 1. The predicted molar refractivity (Wildman–Crippen MR) is 89.8 cm³/mol. The van der Waals surface area contributed by atoms with Crippen LogP contribution in [-0.2, 0) is 11.3 Å². The molecule has 122 valence electrons. The minimum absolute atomic E-state index is 0.270. The SMILES string of the molecule is CCn1cc(C2CCN([C@H](C(N)=O)c3ccccc3)CC2)cn1. The van der Waals surface area contributed by atoms with Gasteiger partial charge in [0.1, 0.15) is 6.04 Å². The molecule has 2 N–H and O–H groups in total. The molecule has 0 unspecified atom stereocenters. The number of carbonyl (C=O) groups excluding carboxylic acids is 1. The Bertz CT molecular complexity index is 644. The molecule has 1 aliphatic rings. The number of nitrogens with two attached hydrogens (primary N) is 1. The van der Waals surface area contributed by atoms with Crippen LogP contribution < -0.4 is 5.73 Å². The van der Waals surface area contributed by atoms with E-state index in [1.807, 2.05) is 41.2 Å². The van der Waals surface area contributed by atoms with Gasteiger partial charge in [0, 0.05) is 12.7 Å². The number of amides is 1. The molecular weight excluding hydrogens is 288 g/mol. The van der Waals surface area contributed by atoms with E-state index in [9.17, 15) is 4.79 Å². The summed E-state index contributed by atoms with van der Waals surface area (Å²) in [6.45, 7) is 4.75. The summed E-state index contributed by atoms with van der Waals surface area (Å²) >= 11 is 0. The highest BCUT2D eigenvalue weighted by atomic mass is 16.1. The molecule has 0 spiro atoms. The van der Waals surface area contributed by atoms with Gasteiger partial charge >= 0.3 is 0 Å². The Kier molecular flexibility index (Phi) is 4.76. The molecule has 0 bridgehead atoms. The fraction of sp³-hybridized carbons (Fsp3) is 0.444. The maximum Gasteiger partial charge on any atom is 0.239 e. The molecule has 1 aliphatic heterocycles. The average molecular weight is 312 g/mol. The quantitative estimate of drug-likeness (QED) is 0.921. The first-order valence-corrected chi connectivity index (χ1v) is 8.29. The molecule has 1 saturated heterocycles. The third-order valence-corrected chi connectivity index (χ3v) is 4.73. The summed E-state index contributed by atoms with van der Waals surface area (Å²) in [4.78, 5) is 14.2. The molecule has 1 aromatic heterocycles. The van der Waals surface area contributed by atoms with E-state index in [4.69, 9.17) is 5.73 Å². The maximum absolute atomic E-state index is 12.0. The van der Waals surface area contributed by atoms with Crippen molar-refractivity contribution >= 4 is 5.91 Å². The molecule has 0 radical (unpaired) electrons. The minimum atomic E-state index is -0.324. The van der Waals surface area contributed by atoms with Crippen molar-refractivity contribution in [2.45, 2.75) is 38.3 Å². The van der Waals surface area contributed by atoms with Gasteiger partial charge in [0.25, 0.3) is 0 Å². The zero-order valence-electron chi connectivity index (χ0n) is 13.6. The number of likely N-dealkylation sites (tertiary alicyclic amines) is 1. The lowest BCUT2D eigenvalue weighted by Gasteiger charge is -2.36. The fourth-order valence-electron chi connectivity index (χ4n) is 3.44. The van der Waals surface area contributed by atoms with Crippen LogP contribution in [0.5, 0.6) is 0 Å². The monoisotopic (exact) mass is 312 g/mol. The van der Waals surface area contributed by atoms with E-state index in [-0.39, 0.29) is 11.9 Å². The number of primary amides is 1. The van der Waals surface area contributed by atoms with Crippen molar-refractivity contribution in [1.82, 2.24) is 14.7 Å². The zero-order chi connectivity index (χ0) is 16.2. The lowest BCUT2D eigenvalue weighted by molar-refractivity contribution is -0.124. The number of benzene rings is 1. The van der Waals surface area contributed by atoms with Crippen molar-refractivity contribution in [3.05, 3.63) is 53.9 Å². The van der Waals surface area contributed by atoms with E-state index in [0.29, 0.717) is 5.92 Å². The number of nitrogens with zero attached hydrogens (tertiary/aromatic N) is 3. The third kappa shape index (κ3) is 3.45. The molecule has 1 aromatic carbocycles. The van der Waals surface area contributed by atoms with Gasteiger partial charge in [-0.25, -0.2) is 0 Å². The average Bonchev–Trinajstić information content (AvgIpc) is 3.05. The standard InChI is InChI=1S/C18H24N4O/c1-2-22-13-16(12-20-22)14-8-10-21(11-9-14)17(18(19)23)15-6-4-3-5-7-15/h3-7,12-14,17H,2,8-11H2,1H3,(H2,19,23)/t17-/m0/s1. The Hall–Kier alpha value is -2.14. The number of aromatic nitrogens is 2. The van der Waals surface area contributed by atoms with Crippen LogP contribution in [0.25, 0.3) is 0 Å². The number of piperidine rings is 1. The summed E-state index contributed by atoms with van der Waals surface area (Å²) in [5.41, 5.74) is 7.96. The van der Waals surface area contributed by atoms with E-state index in [2.05, 4.69) is 23.1 Å². The Morgan fingerprint density at radius 1 is 1.30 bits per heavy atom. The smallest absolute Gasteiger partial charge is 0.239 e. The second-order valence-corrected chi connectivity index (χ2v) is 6.16. The Balaban J connectivity index is 1.68. The molecule has 1 atom stereocenters. The van der Waals surface area contributed by atoms with Crippen molar-refractivity contribution in [2.75, 3.05) is 13.1 Å². The lowest BCUT2D eigenvalue weighted by Crippen LogP contribution is -2.42. The predicted octanol–water partition coefficient (Wildman–Crippen LogP) is 2.31. The van der Waals surface area contributed by atoms with Crippen LogP contribution in [0.2, 0.25) is 0 Å². The van der Waals surface area contributed by atoms with Crippen molar-refractivity contribution in [3.63, 3.8) is 0 Å². The first kappa shape index (κ1) is 15.7. The van der Waals surface area contributed by atoms with Crippen molar-refractivity contribution < 1.29 is 4.79 Å². The molecule has 0 aliphatic carbocycles. The highest BCUT2D eigenvalue weighted by Crippen LogP contribution is 2.32. The summed E-state index contributed by atoms with van der Waals surface area (Å²) < 4.78 is 1.97. The fourth-order valence-corrected chi connectivity index (χ4v) is 3.44. The van der Waals surface area contributed by atoms with Crippen LogP contribution in [-0.4, -0.2) is 33.7 Å². The van der Waals surface area contributed by atoms with Gasteiger partial charge in [0.05, 0.1) is 6.20 Å². The topological polar surface area (TPSA) is 64.2 Å². The van der Waals surface area contributed by atoms with Crippen LogP contribution in [0.1, 0.15) is 42.9 Å². The van der Waals surface area contributed by atoms with E-state index in [0.717, 1.165) is 38.0 Å². The molecule has 1 amide bonds. The third-order valence-electron chi connectivity index (χ3n) is 4.73. The van der Waals surface area contributed by atoms with Gasteiger partial charge in [-0.15, -0.1) is 0 Å². The molecule has 2 aromatic rings. The Labute approximate surface area is 137 Å². The van der Waals surface area contributed by atoms with Crippen molar-refractivity contribution in [1.29, 1.82) is 0 Å². The molecule has 0 saturated carbocycles. The van der Waals surface area contributed by atoms with E-state index in [1.54, 1.807) is 0 Å². The van der Waals surface area contributed by atoms with Gasteiger partial charge in [-0.3, -0.25) is 14.4 Å². The number of carbonyl (C=O) groups is 1. The number of rotatable bonds is 5. The van der Waals surface area contributed by atoms with Gasteiger partial charge < -0.3 is 5.73 Å². The molecule has 5 heteroatoms. The Morgan fingerprint density at radius 2 is 2.00 bits per heavy atom. The van der Waals surface area contributed by atoms with Crippen LogP contribution in [0.4, 0.5) is 0 Å². The van der Waals surface area contributed by atoms with Gasteiger partial charge in [-0.2, -0.15) is 5.10 Å². The van der Waals surface area contributed by atoms with Crippen LogP contribution in [0.15, 0.2) is 42.7 Å². The second-order valence-electron chi connectivity index (χ2n) is 6.16. The maximum atomic E-state index is 12.0. The molecule has 5 nitrogen and oxygen atoms in total.